The number of tetrazole rings is 1. The summed E-state index contributed by atoms with van der Waals surface area (Å²) >= 11 is 5.86. The summed E-state index contributed by atoms with van der Waals surface area (Å²) in [4.78, 5) is 14.2. The summed E-state index contributed by atoms with van der Waals surface area (Å²) < 4.78 is 1.55. The van der Waals surface area contributed by atoms with Crippen molar-refractivity contribution in [1.29, 1.82) is 0 Å². The number of aromatic amines is 1. The Bertz CT molecular complexity index is 830. The molecule has 2 aromatic heterocycles. The number of nitrogens with one attached hydrogen (secondary N) is 1. The molecule has 1 amide bonds. The third-order valence-electron chi connectivity index (χ3n) is 3.65. The van der Waals surface area contributed by atoms with Crippen molar-refractivity contribution in [2.45, 2.75) is 19.5 Å². The summed E-state index contributed by atoms with van der Waals surface area (Å²) in [6.07, 6.45) is 3.15. The molecule has 124 valence electrons. The number of aromatic nitrogens is 6. The molecule has 0 aliphatic rings. The van der Waals surface area contributed by atoms with Crippen LogP contribution >= 0.6 is 11.6 Å². The molecule has 1 aromatic carbocycles. The number of halogens is 1. The number of likely N-dealkylation sites (N-methyl/N-ethyl adjacent to an activating group) is 1. The van der Waals surface area contributed by atoms with Crippen molar-refractivity contribution < 1.29 is 4.79 Å². The lowest BCUT2D eigenvalue weighted by molar-refractivity contribution is -0.133. The summed E-state index contributed by atoms with van der Waals surface area (Å²) in [6.45, 7) is 2.25. The smallest absolute Gasteiger partial charge is 0.247 e. The first-order valence-corrected chi connectivity index (χ1v) is 7.70. The molecule has 0 saturated carbocycles. The maximum Gasteiger partial charge on any atom is 0.247 e. The van der Waals surface area contributed by atoms with Gasteiger partial charge in [-0.05, 0) is 23.8 Å². The molecule has 2 heterocycles. The zero-order valence-electron chi connectivity index (χ0n) is 13.2. The first kappa shape index (κ1) is 16.1. The van der Waals surface area contributed by atoms with Gasteiger partial charge < -0.3 is 4.90 Å². The summed E-state index contributed by atoms with van der Waals surface area (Å²) in [5.41, 5.74) is 1.81. The molecule has 1 unspecified atom stereocenters. The van der Waals surface area contributed by atoms with Gasteiger partial charge in [-0.25, -0.2) is 0 Å². The van der Waals surface area contributed by atoms with Gasteiger partial charge in [0.1, 0.15) is 6.04 Å². The van der Waals surface area contributed by atoms with Crippen molar-refractivity contribution in [1.82, 2.24) is 35.3 Å². The molecule has 0 saturated heterocycles. The van der Waals surface area contributed by atoms with Crippen molar-refractivity contribution in [3.63, 3.8) is 0 Å². The highest BCUT2D eigenvalue weighted by Gasteiger charge is 2.20. The number of rotatable bonds is 5. The number of benzene rings is 1. The first-order chi connectivity index (χ1) is 11.5. The van der Waals surface area contributed by atoms with Gasteiger partial charge in [0.2, 0.25) is 11.7 Å². The van der Waals surface area contributed by atoms with E-state index in [1.54, 1.807) is 29.7 Å². The molecule has 9 heteroatoms. The first-order valence-electron chi connectivity index (χ1n) is 7.32. The van der Waals surface area contributed by atoms with E-state index in [4.69, 9.17) is 11.6 Å². The monoisotopic (exact) mass is 345 g/mol. The van der Waals surface area contributed by atoms with Crippen LogP contribution in [0.15, 0.2) is 36.7 Å². The number of H-pyrrole nitrogens is 1. The zero-order chi connectivity index (χ0) is 17.1. The van der Waals surface area contributed by atoms with E-state index < -0.39 is 6.04 Å². The van der Waals surface area contributed by atoms with E-state index in [9.17, 15) is 4.79 Å². The summed E-state index contributed by atoms with van der Waals surface area (Å²) in [6, 6.07) is 7.25. The standard InChI is InChI=1S/C15H16ClN7O/c1-10(23-9-13(16)7-17-23)15(24)22(2)8-11-4-3-5-12(6-11)14-18-20-21-19-14/h3-7,9-10H,8H2,1-2H3,(H,18,19,20,21). The minimum absolute atomic E-state index is 0.0558. The van der Waals surface area contributed by atoms with Crippen LogP contribution in [0.1, 0.15) is 18.5 Å². The number of carbonyl (C=O) groups is 1. The molecule has 0 aliphatic heterocycles. The fourth-order valence-electron chi connectivity index (χ4n) is 2.40. The van der Waals surface area contributed by atoms with E-state index in [1.165, 1.54) is 6.20 Å². The molecule has 1 atom stereocenters. The molecule has 0 spiro atoms. The Hall–Kier alpha value is -2.74. The van der Waals surface area contributed by atoms with Crippen LogP contribution in [0, 0.1) is 0 Å². The third-order valence-corrected chi connectivity index (χ3v) is 3.85. The van der Waals surface area contributed by atoms with Crippen LogP contribution in [-0.2, 0) is 11.3 Å². The average Bonchev–Trinajstić information content (AvgIpc) is 3.25. The third kappa shape index (κ3) is 3.43. The Kier molecular flexibility index (Phi) is 4.57. The summed E-state index contributed by atoms with van der Waals surface area (Å²) in [7, 11) is 1.75. The number of hydrogen-bond acceptors (Lipinski definition) is 5. The Balaban J connectivity index is 1.71. The van der Waals surface area contributed by atoms with E-state index >= 15 is 0 Å². The van der Waals surface area contributed by atoms with Crippen LogP contribution in [0.3, 0.4) is 0 Å². The van der Waals surface area contributed by atoms with Crippen LogP contribution in [0.4, 0.5) is 0 Å². The quantitative estimate of drug-likeness (QED) is 0.762. The van der Waals surface area contributed by atoms with Crippen LogP contribution in [-0.4, -0.2) is 48.3 Å². The highest BCUT2D eigenvalue weighted by Crippen LogP contribution is 2.18. The molecule has 0 aliphatic carbocycles. The van der Waals surface area contributed by atoms with E-state index in [-0.39, 0.29) is 5.91 Å². The van der Waals surface area contributed by atoms with Gasteiger partial charge >= 0.3 is 0 Å². The molecule has 8 nitrogen and oxygen atoms in total. The number of hydrogen-bond donors (Lipinski definition) is 1. The number of amides is 1. The molecule has 0 fully saturated rings. The molecule has 3 rings (SSSR count). The highest BCUT2D eigenvalue weighted by molar-refractivity contribution is 6.30. The maximum absolute atomic E-state index is 12.6. The fraction of sp³-hybridized carbons (Fsp3) is 0.267. The van der Waals surface area contributed by atoms with E-state index in [0.717, 1.165) is 11.1 Å². The lowest BCUT2D eigenvalue weighted by Crippen LogP contribution is -2.32. The molecule has 3 aromatic rings. The molecule has 0 bridgehead atoms. The second kappa shape index (κ2) is 6.79. The zero-order valence-corrected chi connectivity index (χ0v) is 14.0. The fourth-order valence-corrected chi connectivity index (χ4v) is 2.55. The number of carbonyl (C=O) groups excluding carboxylic acids is 1. The lowest BCUT2D eigenvalue weighted by Gasteiger charge is -2.22. The number of nitrogens with zero attached hydrogens (tertiary/aromatic N) is 6. The van der Waals surface area contributed by atoms with E-state index in [0.29, 0.717) is 17.4 Å². The minimum Gasteiger partial charge on any atom is -0.340 e. The second-order valence-electron chi connectivity index (χ2n) is 5.44. The average molecular weight is 346 g/mol. The van der Waals surface area contributed by atoms with Crippen molar-refractivity contribution in [3.8, 4) is 11.4 Å². The van der Waals surface area contributed by atoms with Gasteiger partial charge in [0.05, 0.1) is 11.2 Å². The summed E-state index contributed by atoms with van der Waals surface area (Å²) in [5.74, 6) is 0.463. The molecule has 24 heavy (non-hydrogen) atoms. The molecule has 0 radical (unpaired) electrons. The predicted octanol–water partition coefficient (Wildman–Crippen LogP) is 1.94. The van der Waals surface area contributed by atoms with Crippen molar-refractivity contribution in [2.75, 3.05) is 7.05 Å². The lowest BCUT2D eigenvalue weighted by atomic mass is 10.1. The van der Waals surface area contributed by atoms with Crippen LogP contribution in [0.25, 0.3) is 11.4 Å². The topological polar surface area (TPSA) is 92.6 Å². The van der Waals surface area contributed by atoms with E-state index in [2.05, 4.69) is 25.7 Å². The Morgan fingerprint density at radius 3 is 2.96 bits per heavy atom. The normalized spacial score (nSPS) is 12.1. The van der Waals surface area contributed by atoms with E-state index in [1.807, 2.05) is 24.3 Å². The Morgan fingerprint density at radius 2 is 2.29 bits per heavy atom. The maximum atomic E-state index is 12.6. The Labute approximate surface area is 143 Å². The molecular weight excluding hydrogens is 330 g/mol. The van der Waals surface area contributed by atoms with Crippen LogP contribution in [0.5, 0.6) is 0 Å². The minimum atomic E-state index is -0.428. The SMILES string of the molecule is CC(C(=O)N(C)Cc1cccc(-c2nn[nH]n2)c1)n1cc(Cl)cn1. The van der Waals surface area contributed by atoms with Gasteiger partial charge in [-0.3, -0.25) is 9.48 Å². The largest absolute Gasteiger partial charge is 0.340 e. The molecule has 1 N–H and O–H groups in total. The summed E-state index contributed by atoms with van der Waals surface area (Å²) in [5, 5.41) is 18.5. The van der Waals surface area contributed by atoms with Gasteiger partial charge in [0.25, 0.3) is 0 Å². The van der Waals surface area contributed by atoms with Gasteiger partial charge in [-0.15, -0.1) is 10.2 Å². The van der Waals surface area contributed by atoms with Gasteiger partial charge in [0, 0.05) is 25.4 Å². The molecular formula is C15H16ClN7O. The van der Waals surface area contributed by atoms with Gasteiger partial charge in [-0.1, -0.05) is 29.8 Å². The highest BCUT2D eigenvalue weighted by atomic mass is 35.5. The van der Waals surface area contributed by atoms with Crippen molar-refractivity contribution >= 4 is 17.5 Å². The van der Waals surface area contributed by atoms with Gasteiger partial charge in [-0.2, -0.15) is 10.3 Å². The van der Waals surface area contributed by atoms with Crippen LogP contribution in [0.2, 0.25) is 5.02 Å². The Morgan fingerprint density at radius 1 is 1.46 bits per heavy atom. The van der Waals surface area contributed by atoms with Crippen LogP contribution < -0.4 is 0 Å². The van der Waals surface area contributed by atoms with Crippen molar-refractivity contribution in [3.05, 3.63) is 47.2 Å². The van der Waals surface area contributed by atoms with Crippen molar-refractivity contribution in [2.24, 2.45) is 0 Å². The predicted molar refractivity (Wildman–Crippen MR) is 88.0 cm³/mol. The second-order valence-corrected chi connectivity index (χ2v) is 5.88. The van der Waals surface area contributed by atoms with Gasteiger partial charge in [0.15, 0.2) is 0 Å².